The summed E-state index contributed by atoms with van der Waals surface area (Å²) < 4.78 is 31.7. The molecule has 0 aliphatic rings. The van der Waals surface area contributed by atoms with Crippen molar-refractivity contribution in [2.45, 2.75) is 0 Å². The molecule has 0 atom stereocenters. The van der Waals surface area contributed by atoms with Crippen LogP contribution in [0, 0.1) is 23.0 Å². The van der Waals surface area contributed by atoms with Gasteiger partial charge in [-0.3, -0.25) is 0 Å². The first-order chi connectivity index (χ1) is 26.0. The van der Waals surface area contributed by atoms with Crippen LogP contribution in [0.3, 0.4) is 0 Å². The summed E-state index contributed by atoms with van der Waals surface area (Å²) in [4.78, 5) is 15.0. The molecule has 0 radical (unpaired) electrons. The van der Waals surface area contributed by atoms with E-state index in [0.717, 1.165) is 50.1 Å². The Hall–Kier alpha value is -7.30. The van der Waals surface area contributed by atoms with Crippen molar-refractivity contribution < 1.29 is 8.78 Å². The maximum absolute atomic E-state index is 15.4. The number of halogens is 2. The molecule has 0 spiro atoms. The van der Waals surface area contributed by atoms with Gasteiger partial charge in [0.25, 0.3) is 0 Å². The van der Waals surface area contributed by atoms with Gasteiger partial charge >= 0.3 is 0 Å². The monoisotopic (exact) mass is 687 g/mol. The molecule has 0 bridgehead atoms. The van der Waals surface area contributed by atoms with Gasteiger partial charge in [0.2, 0.25) is 0 Å². The molecule has 0 N–H and O–H groups in total. The van der Waals surface area contributed by atoms with Crippen LogP contribution < -0.4 is 0 Å². The number of hydrogen-bond acceptors (Lipinski definition) is 4. The summed E-state index contributed by atoms with van der Waals surface area (Å²) in [5.74, 6) is 0.142. The molecule has 0 unspecified atom stereocenters. The Morgan fingerprint density at radius 3 is 1.77 bits per heavy atom. The fourth-order valence-electron chi connectivity index (χ4n) is 6.90. The van der Waals surface area contributed by atoms with Crippen molar-refractivity contribution in [1.82, 2.24) is 19.5 Å². The fourth-order valence-corrected chi connectivity index (χ4v) is 6.90. The molecule has 9 rings (SSSR count). The highest BCUT2D eigenvalue weighted by atomic mass is 19.1. The Morgan fingerprint density at radius 1 is 0.453 bits per heavy atom. The van der Waals surface area contributed by atoms with E-state index in [1.807, 2.05) is 109 Å². The highest BCUT2D eigenvalue weighted by Gasteiger charge is 2.21. The second kappa shape index (κ2) is 13.1. The molecule has 0 saturated heterocycles. The van der Waals surface area contributed by atoms with Gasteiger partial charge in [0.1, 0.15) is 11.6 Å². The lowest BCUT2D eigenvalue weighted by Crippen LogP contribution is -2.04. The maximum atomic E-state index is 15.4. The van der Waals surface area contributed by atoms with Crippen LogP contribution in [-0.2, 0) is 0 Å². The van der Waals surface area contributed by atoms with E-state index in [4.69, 9.17) is 15.0 Å². The second-order valence-electron chi connectivity index (χ2n) is 12.7. The van der Waals surface area contributed by atoms with Crippen LogP contribution in [-0.4, -0.2) is 19.5 Å². The minimum absolute atomic E-state index is 0.263. The van der Waals surface area contributed by atoms with Gasteiger partial charge in [-0.25, -0.2) is 23.7 Å². The first-order valence-corrected chi connectivity index (χ1v) is 17.0. The summed E-state index contributed by atoms with van der Waals surface area (Å²) in [5.41, 5.74) is 8.09. The van der Waals surface area contributed by atoms with Crippen LogP contribution in [0.4, 0.5) is 8.78 Å². The molecule has 250 valence electrons. The van der Waals surface area contributed by atoms with Crippen LogP contribution in [0.1, 0.15) is 5.56 Å². The first kappa shape index (κ1) is 31.7. The molecular formula is C46H27F2N5. The van der Waals surface area contributed by atoms with Crippen LogP contribution >= 0.6 is 0 Å². The third-order valence-electron chi connectivity index (χ3n) is 9.42. The molecule has 9 aromatic rings. The first-order valence-electron chi connectivity index (χ1n) is 17.0. The van der Waals surface area contributed by atoms with Crippen molar-refractivity contribution >= 4 is 21.8 Å². The van der Waals surface area contributed by atoms with Crippen LogP contribution in [0.5, 0.6) is 0 Å². The molecular weight excluding hydrogens is 661 g/mol. The summed E-state index contributed by atoms with van der Waals surface area (Å²) in [6.07, 6.45) is 0. The molecule has 2 aromatic heterocycles. The number of aromatic nitrogens is 4. The predicted octanol–water partition coefficient (Wildman–Crippen LogP) is 11.5. The van der Waals surface area contributed by atoms with E-state index in [1.54, 1.807) is 6.07 Å². The molecule has 0 fully saturated rings. The summed E-state index contributed by atoms with van der Waals surface area (Å²) in [5, 5.41) is 11.7. The van der Waals surface area contributed by atoms with Crippen molar-refractivity contribution in [3.05, 3.63) is 181 Å². The van der Waals surface area contributed by atoms with E-state index < -0.39 is 11.6 Å². The Labute approximate surface area is 303 Å². The summed E-state index contributed by atoms with van der Waals surface area (Å²) in [6.45, 7) is 0. The molecule has 7 aromatic carbocycles. The van der Waals surface area contributed by atoms with Gasteiger partial charge in [-0.1, -0.05) is 109 Å². The maximum Gasteiger partial charge on any atom is 0.166 e. The summed E-state index contributed by atoms with van der Waals surface area (Å²) >= 11 is 0. The molecule has 2 heterocycles. The highest BCUT2D eigenvalue weighted by Crippen LogP contribution is 2.40. The third kappa shape index (κ3) is 5.78. The fraction of sp³-hybridized carbons (Fsp3) is 0. The van der Waals surface area contributed by atoms with E-state index in [0.29, 0.717) is 39.9 Å². The number of hydrogen-bond donors (Lipinski definition) is 0. The molecule has 0 amide bonds. The Kier molecular flexibility index (Phi) is 7.83. The highest BCUT2D eigenvalue weighted by molar-refractivity contribution is 6.10. The number of nitrogens with zero attached hydrogens (tertiary/aromatic N) is 5. The van der Waals surface area contributed by atoms with E-state index >= 15 is 4.39 Å². The van der Waals surface area contributed by atoms with Gasteiger partial charge in [-0.2, -0.15) is 5.26 Å². The van der Waals surface area contributed by atoms with Gasteiger partial charge in [0, 0.05) is 39.1 Å². The zero-order valence-corrected chi connectivity index (χ0v) is 28.1. The van der Waals surface area contributed by atoms with Crippen LogP contribution in [0.25, 0.3) is 83.9 Å². The standard InChI is InChI=1S/C46H27F2N5/c47-35-20-23-36(40(48)27-35)34-19-22-39(46-51-44(30-11-3-1-4-12-30)50-45(52-46)31-13-5-2-6-14-31)43(26-34)53-41-17-8-7-16-37(41)38-21-18-33(25-42(38)53)32-15-9-10-29(24-32)28-49/h1-27H. The topological polar surface area (TPSA) is 67.4 Å². The van der Waals surface area contributed by atoms with Gasteiger partial charge in [-0.05, 0) is 65.2 Å². The Balaban J connectivity index is 1.37. The molecule has 5 nitrogen and oxygen atoms in total. The number of fused-ring (bicyclic) bond motifs is 3. The lowest BCUT2D eigenvalue weighted by atomic mass is 10.00. The molecule has 7 heteroatoms. The van der Waals surface area contributed by atoms with Gasteiger partial charge in [0.15, 0.2) is 17.5 Å². The molecule has 0 saturated carbocycles. The average molecular weight is 688 g/mol. The van der Waals surface area contributed by atoms with E-state index in [9.17, 15) is 9.65 Å². The van der Waals surface area contributed by atoms with E-state index in [2.05, 4.69) is 41.0 Å². The summed E-state index contributed by atoms with van der Waals surface area (Å²) in [6, 6.07) is 52.9. The van der Waals surface area contributed by atoms with E-state index in [1.165, 1.54) is 12.1 Å². The molecule has 0 aliphatic heterocycles. The number of nitriles is 1. The predicted molar refractivity (Wildman–Crippen MR) is 206 cm³/mol. The van der Waals surface area contributed by atoms with Gasteiger partial charge in [-0.15, -0.1) is 0 Å². The van der Waals surface area contributed by atoms with Crippen molar-refractivity contribution in [3.8, 4) is 68.2 Å². The quantitative estimate of drug-likeness (QED) is 0.174. The molecule has 0 aliphatic carbocycles. The van der Waals surface area contributed by atoms with Crippen LogP contribution in [0.15, 0.2) is 164 Å². The smallest absolute Gasteiger partial charge is 0.166 e. The largest absolute Gasteiger partial charge is 0.308 e. The second-order valence-corrected chi connectivity index (χ2v) is 12.7. The Morgan fingerprint density at radius 2 is 1.06 bits per heavy atom. The lowest BCUT2D eigenvalue weighted by Gasteiger charge is -2.17. The van der Waals surface area contributed by atoms with Crippen molar-refractivity contribution in [3.63, 3.8) is 0 Å². The number of rotatable bonds is 6. The minimum Gasteiger partial charge on any atom is -0.308 e. The van der Waals surface area contributed by atoms with Crippen molar-refractivity contribution in [2.75, 3.05) is 0 Å². The molecule has 53 heavy (non-hydrogen) atoms. The van der Waals surface area contributed by atoms with Crippen LogP contribution in [0.2, 0.25) is 0 Å². The SMILES string of the molecule is N#Cc1cccc(-c2ccc3c4ccccc4n(-c4cc(-c5ccc(F)cc5F)ccc4-c4nc(-c5ccccc5)nc(-c5ccccc5)n4)c3c2)c1. The minimum atomic E-state index is -0.663. The average Bonchev–Trinajstić information content (AvgIpc) is 3.54. The van der Waals surface area contributed by atoms with Gasteiger partial charge < -0.3 is 4.57 Å². The number of para-hydroxylation sites is 1. The van der Waals surface area contributed by atoms with Crippen molar-refractivity contribution in [1.29, 1.82) is 5.26 Å². The van der Waals surface area contributed by atoms with E-state index in [-0.39, 0.29) is 5.56 Å². The van der Waals surface area contributed by atoms with Gasteiger partial charge in [0.05, 0.1) is 28.4 Å². The summed E-state index contributed by atoms with van der Waals surface area (Å²) in [7, 11) is 0. The lowest BCUT2D eigenvalue weighted by molar-refractivity contribution is 0.585. The third-order valence-corrected chi connectivity index (χ3v) is 9.42. The normalized spacial score (nSPS) is 11.2. The Bertz CT molecular complexity index is 2820. The zero-order valence-electron chi connectivity index (χ0n) is 28.1. The zero-order chi connectivity index (χ0) is 35.9. The number of benzene rings is 7. The van der Waals surface area contributed by atoms with Crippen molar-refractivity contribution in [2.24, 2.45) is 0 Å².